The average Bonchev–Trinajstić information content (AvgIpc) is 2.57. The van der Waals surface area contributed by atoms with E-state index in [1.54, 1.807) is 0 Å². The Morgan fingerprint density at radius 2 is 2.62 bits per heavy atom. The molecule has 0 aliphatic carbocycles. The molecule has 1 fully saturated rings. The van der Waals surface area contributed by atoms with Gasteiger partial charge in [-0.25, -0.2) is 0 Å². The van der Waals surface area contributed by atoms with Crippen molar-refractivity contribution in [1.82, 2.24) is 25.5 Å². The maximum absolute atomic E-state index is 5.56. The lowest BCUT2D eigenvalue weighted by molar-refractivity contribution is -0.0194. The fourth-order valence-corrected chi connectivity index (χ4v) is 1.46. The Bertz CT molecular complexity index is 249. The van der Waals surface area contributed by atoms with Crippen LogP contribution in [-0.4, -0.2) is 58.4 Å². The molecule has 0 bridgehead atoms. The maximum Gasteiger partial charge on any atom is 0.177 e. The van der Waals surface area contributed by atoms with Crippen LogP contribution in [-0.2, 0) is 11.2 Å². The van der Waals surface area contributed by atoms with Gasteiger partial charge in [-0.3, -0.25) is 0 Å². The van der Waals surface area contributed by atoms with Crippen LogP contribution in [0.25, 0.3) is 0 Å². The minimum atomic E-state index is 0.205. The summed E-state index contributed by atoms with van der Waals surface area (Å²) in [5.74, 6) is 0.723. The number of morpholine rings is 1. The Morgan fingerprint density at radius 1 is 1.69 bits per heavy atom. The number of likely N-dealkylation sites (N-methyl/N-ethyl adjacent to an activating group) is 1. The van der Waals surface area contributed by atoms with Crippen molar-refractivity contribution in [3.05, 3.63) is 5.82 Å². The molecule has 0 amide bonds. The summed E-state index contributed by atoms with van der Waals surface area (Å²) in [5.41, 5.74) is 0. The zero-order valence-corrected chi connectivity index (χ0v) is 7.60. The first-order valence-corrected chi connectivity index (χ1v) is 4.37. The molecule has 72 valence electrons. The molecule has 1 unspecified atom stereocenters. The summed E-state index contributed by atoms with van der Waals surface area (Å²) in [6.45, 7) is 2.73. The second kappa shape index (κ2) is 3.80. The lowest BCUT2D eigenvalue weighted by Gasteiger charge is -2.29. The molecule has 6 nitrogen and oxygen atoms in total. The highest BCUT2D eigenvalue weighted by Crippen LogP contribution is 2.06. The number of nitrogens with one attached hydrogen (secondary N) is 1. The first kappa shape index (κ1) is 8.58. The third-order valence-electron chi connectivity index (χ3n) is 2.14. The van der Waals surface area contributed by atoms with Crippen LogP contribution in [0.15, 0.2) is 0 Å². The van der Waals surface area contributed by atoms with E-state index in [1.165, 1.54) is 0 Å². The number of H-pyrrole nitrogens is 1. The summed E-state index contributed by atoms with van der Waals surface area (Å²) in [6.07, 6.45) is 0.942. The lowest BCUT2D eigenvalue weighted by atomic mass is 10.2. The van der Waals surface area contributed by atoms with E-state index in [9.17, 15) is 0 Å². The molecule has 1 aromatic heterocycles. The highest BCUT2D eigenvalue weighted by molar-refractivity contribution is 4.83. The first-order valence-electron chi connectivity index (χ1n) is 4.37. The smallest absolute Gasteiger partial charge is 0.177 e. The van der Waals surface area contributed by atoms with Gasteiger partial charge in [0.1, 0.15) is 0 Å². The zero-order valence-electron chi connectivity index (χ0n) is 7.60. The molecule has 0 spiro atoms. The Labute approximate surface area is 76.3 Å². The van der Waals surface area contributed by atoms with E-state index in [0.29, 0.717) is 0 Å². The fourth-order valence-electron chi connectivity index (χ4n) is 1.46. The number of aromatic amines is 1. The molecule has 1 aromatic rings. The van der Waals surface area contributed by atoms with Crippen LogP contribution in [0, 0.1) is 0 Å². The Morgan fingerprint density at radius 3 is 3.31 bits per heavy atom. The van der Waals surface area contributed by atoms with Crippen LogP contribution < -0.4 is 0 Å². The van der Waals surface area contributed by atoms with Gasteiger partial charge in [-0.05, 0) is 7.05 Å². The van der Waals surface area contributed by atoms with Crippen LogP contribution in [0.1, 0.15) is 5.82 Å². The molecule has 1 N–H and O–H groups in total. The van der Waals surface area contributed by atoms with Gasteiger partial charge >= 0.3 is 0 Å². The Hall–Kier alpha value is -1.01. The second-order valence-corrected chi connectivity index (χ2v) is 3.29. The summed E-state index contributed by atoms with van der Waals surface area (Å²) < 4.78 is 5.56. The quantitative estimate of drug-likeness (QED) is 0.641. The van der Waals surface area contributed by atoms with Crippen LogP contribution in [0.2, 0.25) is 0 Å². The largest absolute Gasteiger partial charge is 0.375 e. The standard InChI is InChI=1S/C7H13N5O/c1-12-2-3-13-6(5-12)4-7-8-10-11-9-7/h6H,2-5H2,1H3,(H,8,9,10,11). The van der Waals surface area contributed by atoms with E-state index >= 15 is 0 Å². The normalized spacial score (nSPS) is 24.8. The highest BCUT2D eigenvalue weighted by Gasteiger charge is 2.19. The minimum Gasteiger partial charge on any atom is -0.375 e. The van der Waals surface area contributed by atoms with Crippen LogP contribution in [0.5, 0.6) is 0 Å². The van der Waals surface area contributed by atoms with Crippen molar-refractivity contribution in [2.45, 2.75) is 12.5 Å². The molecule has 1 aliphatic heterocycles. The molecular weight excluding hydrogens is 170 g/mol. The van der Waals surface area contributed by atoms with Gasteiger partial charge < -0.3 is 9.64 Å². The number of rotatable bonds is 2. The molecular formula is C7H13N5O. The van der Waals surface area contributed by atoms with Gasteiger partial charge in [-0.2, -0.15) is 5.21 Å². The molecule has 0 radical (unpaired) electrons. The van der Waals surface area contributed by atoms with Gasteiger partial charge in [0, 0.05) is 19.5 Å². The number of nitrogens with zero attached hydrogens (tertiary/aromatic N) is 4. The van der Waals surface area contributed by atoms with Gasteiger partial charge in [0.05, 0.1) is 12.7 Å². The number of tetrazole rings is 1. The lowest BCUT2D eigenvalue weighted by Crippen LogP contribution is -2.41. The van der Waals surface area contributed by atoms with E-state index in [-0.39, 0.29) is 6.10 Å². The molecule has 1 atom stereocenters. The second-order valence-electron chi connectivity index (χ2n) is 3.29. The maximum atomic E-state index is 5.56. The summed E-state index contributed by atoms with van der Waals surface area (Å²) >= 11 is 0. The highest BCUT2D eigenvalue weighted by atomic mass is 16.5. The number of aromatic nitrogens is 4. The summed E-state index contributed by atoms with van der Waals surface area (Å²) in [4.78, 5) is 2.24. The van der Waals surface area contributed by atoms with Crippen molar-refractivity contribution in [3.8, 4) is 0 Å². The summed E-state index contributed by atoms with van der Waals surface area (Å²) in [6, 6.07) is 0. The predicted octanol–water partition coefficient (Wildman–Crippen LogP) is -0.927. The number of hydrogen-bond acceptors (Lipinski definition) is 5. The number of ether oxygens (including phenoxy) is 1. The van der Waals surface area contributed by atoms with Crippen molar-refractivity contribution >= 4 is 0 Å². The van der Waals surface area contributed by atoms with E-state index in [1.807, 2.05) is 0 Å². The van der Waals surface area contributed by atoms with E-state index < -0.39 is 0 Å². The monoisotopic (exact) mass is 183 g/mol. The molecule has 13 heavy (non-hydrogen) atoms. The van der Waals surface area contributed by atoms with E-state index in [2.05, 4.69) is 32.6 Å². The van der Waals surface area contributed by atoms with E-state index in [0.717, 1.165) is 31.9 Å². The van der Waals surface area contributed by atoms with Crippen molar-refractivity contribution in [1.29, 1.82) is 0 Å². The Balaban J connectivity index is 1.87. The Kier molecular flexibility index (Phi) is 2.51. The molecule has 1 aliphatic rings. The molecule has 2 heterocycles. The van der Waals surface area contributed by atoms with Crippen LogP contribution >= 0.6 is 0 Å². The van der Waals surface area contributed by atoms with Crippen molar-refractivity contribution in [3.63, 3.8) is 0 Å². The summed E-state index contributed by atoms with van der Waals surface area (Å²) in [5, 5.41) is 13.7. The molecule has 6 heteroatoms. The van der Waals surface area contributed by atoms with E-state index in [4.69, 9.17) is 4.74 Å². The first-order chi connectivity index (χ1) is 6.34. The molecule has 1 saturated heterocycles. The van der Waals surface area contributed by atoms with Gasteiger partial charge in [0.2, 0.25) is 0 Å². The van der Waals surface area contributed by atoms with Gasteiger partial charge in [0.15, 0.2) is 5.82 Å². The predicted molar refractivity (Wildman–Crippen MR) is 45.1 cm³/mol. The van der Waals surface area contributed by atoms with Crippen molar-refractivity contribution in [2.75, 3.05) is 26.7 Å². The summed E-state index contributed by atoms with van der Waals surface area (Å²) in [7, 11) is 2.09. The van der Waals surface area contributed by atoms with Crippen LogP contribution in [0.3, 0.4) is 0 Å². The third-order valence-corrected chi connectivity index (χ3v) is 2.14. The topological polar surface area (TPSA) is 66.9 Å². The fraction of sp³-hybridized carbons (Fsp3) is 0.857. The van der Waals surface area contributed by atoms with Gasteiger partial charge in [-0.1, -0.05) is 5.21 Å². The minimum absolute atomic E-state index is 0.205. The number of hydrogen-bond donors (Lipinski definition) is 1. The third kappa shape index (κ3) is 2.22. The SMILES string of the molecule is CN1CCOC(Cc2nn[nH]n2)C1. The molecule has 0 aromatic carbocycles. The van der Waals surface area contributed by atoms with Gasteiger partial charge in [-0.15, -0.1) is 10.2 Å². The van der Waals surface area contributed by atoms with Crippen molar-refractivity contribution in [2.24, 2.45) is 0 Å². The molecule has 0 saturated carbocycles. The van der Waals surface area contributed by atoms with Gasteiger partial charge in [0.25, 0.3) is 0 Å². The van der Waals surface area contributed by atoms with Crippen molar-refractivity contribution < 1.29 is 4.74 Å². The molecule has 2 rings (SSSR count). The zero-order chi connectivity index (χ0) is 9.10. The van der Waals surface area contributed by atoms with Crippen LogP contribution in [0.4, 0.5) is 0 Å². The average molecular weight is 183 g/mol.